The Balaban J connectivity index is 1.76. The largest absolute Gasteiger partial charge is 0.393 e. The van der Waals surface area contributed by atoms with Crippen LogP contribution in [0, 0.1) is 11.8 Å². The maximum atomic E-state index is 10.4. The third-order valence-corrected chi connectivity index (χ3v) is 5.23. The Bertz CT molecular complexity index is 252. The van der Waals surface area contributed by atoms with E-state index in [4.69, 9.17) is 0 Å². The minimum Gasteiger partial charge on any atom is -0.393 e. The first-order valence-electron chi connectivity index (χ1n) is 6.88. The van der Waals surface area contributed by atoms with Crippen LogP contribution in [0.2, 0.25) is 0 Å². The number of piperidine rings is 2. The number of hydrogen-bond donors (Lipinski definition) is 2. The summed E-state index contributed by atoms with van der Waals surface area (Å²) in [6.45, 7) is 2.29. The average Bonchev–Trinajstić information content (AvgIpc) is 2.56. The summed E-state index contributed by atoms with van der Waals surface area (Å²) >= 11 is 0. The van der Waals surface area contributed by atoms with Gasteiger partial charge >= 0.3 is 0 Å². The van der Waals surface area contributed by atoms with Gasteiger partial charge in [-0.2, -0.15) is 0 Å². The molecule has 0 amide bonds. The highest BCUT2D eigenvalue weighted by molar-refractivity contribution is 5.01. The molecule has 0 aromatic rings. The van der Waals surface area contributed by atoms with E-state index in [0.717, 1.165) is 25.4 Å². The molecule has 4 unspecified atom stereocenters. The van der Waals surface area contributed by atoms with Crippen molar-refractivity contribution in [1.82, 2.24) is 10.2 Å². The zero-order valence-corrected chi connectivity index (χ0v) is 10.2. The lowest BCUT2D eigenvalue weighted by Crippen LogP contribution is -2.53. The molecule has 0 aliphatic carbocycles. The monoisotopic (exact) mass is 224 g/mol. The Morgan fingerprint density at radius 2 is 1.88 bits per heavy atom. The summed E-state index contributed by atoms with van der Waals surface area (Å²) in [4.78, 5) is 2.55. The minimum atomic E-state index is -0.0307. The van der Waals surface area contributed by atoms with Crippen LogP contribution in [0.1, 0.15) is 32.1 Å². The molecule has 3 nitrogen and oxygen atoms in total. The number of fused-ring (bicyclic) bond motifs is 2. The van der Waals surface area contributed by atoms with Crippen molar-refractivity contribution < 1.29 is 5.11 Å². The van der Waals surface area contributed by atoms with Gasteiger partial charge in [0.05, 0.1) is 6.10 Å². The fraction of sp³-hybridized carbons (Fsp3) is 1.00. The molecule has 0 radical (unpaired) electrons. The molecule has 92 valence electrons. The van der Waals surface area contributed by atoms with Gasteiger partial charge in [-0.25, -0.2) is 0 Å². The van der Waals surface area contributed by atoms with Crippen molar-refractivity contribution in [3.8, 4) is 0 Å². The van der Waals surface area contributed by atoms with Gasteiger partial charge in [0, 0.05) is 18.0 Å². The van der Waals surface area contributed by atoms with Crippen molar-refractivity contribution in [1.29, 1.82) is 0 Å². The summed E-state index contributed by atoms with van der Waals surface area (Å²) in [5.41, 5.74) is 0. The molecule has 2 N–H and O–H groups in total. The maximum absolute atomic E-state index is 10.4. The highest BCUT2D eigenvalue weighted by Crippen LogP contribution is 2.43. The third-order valence-electron chi connectivity index (χ3n) is 5.23. The lowest BCUT2D eigenvalue weighted by atomic mass is 9.74. The van der Waals surface area contributed by atoms with E-state index in [0.29, 0.717) is 18.0 Å². The predicted molar refractivity (Wildman–Crippen MR) is 64.3 cm³/mol. The third kappa shape index (κ3) is 1.69. The summed E-state index contributed by atoms with van der Waals surface area (Å²) in [5.74, 6) is 1.30. The Morgan fingerprint density at radius 1 is 1.12 bits per heavy atom. The van der Waals surface area contributed by atoms with Crippen molar-refractivity contribution >= 4 is 0 Å². The molecule has 3 rings (SSSR count). The van der Waals surface area contributed by atoms with Gasteiger partial charge < -0.3 is 10.4 Å². The molecule has 3 fully saturated rings. The van der Waals surface area contributed by atoms with Crippen LogP contribution in [0.5, 0.6) is 0 Å². The first-order valence-corrected chi connectivity index (χ1v) is 6.88. The van der Waals surface area contributed by atoms with E-state index in [1.807, 2.05) is 0 Å². The molecule has 0 aromatic heterocycles. The fourth-order valence-electron chi connectivity index (χ4n) is 4.34. The minimum absolute atomic E-state index is 0.0307. The van der Waals surface area contributed by atoms with E-state index >= 15 is 0 Å². The van der Waals surface area contributed by atoms with E-state index in [-0.39, 0.29) is 6.10 Å². The molecule has 4 atom stereocenters. The van der Waals surface area contributed by atoms with Crippen molar-refractivity contribution in [3.63, 3.8) is 0 Å². The number of aliphatic hydroxyl groups is 1. The van der Waals surface area contributed by atoms with Crippen LogP contribution in [0.3, 0.4) is 0 Å². The van der Waals surface area contributed by atoms with E-state index in [9.17, 15) is 5.11 Å². The number of rotatable bonds is 1. The number of aliphatic hydroxyl groups excluding tert-OH is 1. The maximum Gasteiger partial charge on any atom is 0.0600 e. The standard InChI is InChI=1S/C13H24N2O/c1-15-10-2-3-11(15)13(12(16)8-10)9-4-6-14-7-5-9/h9-14,16H,2-8H2,1H3. The van der Waals surface area contributed by atoms with Crippen molar-refractivity contribution in [2.75, 3.05) is 20.1 Å². The first-order chi connectivity index (χ1) is 7.77. The topological polar surface area (TPSA) is 35.5 Å². The summed E-state index contributed by atoms with van der Waals surface area (Å²) in [7, 11) is 2.27. The second-order valence-corrected chi connectivity index (χ2v) is 5.93. The zero-order valence-electron chi connectivity index (χ0n) is 10.2. The first kappa shape index (κ1) is 11.0. The molecule has 3 heterocycles. The normalized spacial score (nSPS) is 46.1. The molecule has 3 saturated heterocycles. The van der Waals surface area contributed by atoms with Crippen LogP contribution in [0.15, 0.2) is 0 Å². The molecule has 3 aliphatic heterocycles. The average molecular weight is 224 g/mol. The summed E-state index contributed by atoms with van der Waals surface area (Å²) in [6.07, 6.45) is 6.12. The Labute approximate surface area is 98.2 Å². The second kappa shape index (κ2) is 4.28. The van der Waals surface area contributed by atoms with Gasteiger partial charge in [-0.1, -0.05) is 0 Å². The molecule has 3 heteroatoms. The van der Waals surface area contributed by atoms with Crippen molar-refractivity contribution in [2.24, 2.45) is 11.8 Å². The molecule has 3 aliphatic rings. The van der Waals surface area contributed by atoms with Crippen LogP contribution in [-0.2, 0) is 0 Å². The van der Waals surface area contributed by atoms with E-state index < -0.39 is 0 Å². The summed E-state index contributed by atoms with van der Waals surface area (Å²) in [6, 6.07) is 1.33. The molecule has 0 spiro atoms. The molecule has 0 aromatic carbocycles. The van der Waals surface area contributed by atoms with E-state index in [1.165, 1.54) is 25.7 Å². The Hall–Kier alpha value is -0.120. The molecular weight excluding hydrogens is 200 g/mol. The van der Waals surface area contributed by atoms with Gasteiger partial charge in [-0.3, -0.25) is 4.90 Å². The van der Waals surface area contributed by atoms with E-state index in [2.05, 4.69) is 17.3 Å². The molecule has 0 saturated carbocycles. The van der Waals surface area contributed by atoms with Gasteiger partial charge in [-0.15, -0.1) is 0 Å². The number of hydrogen-bond acceptors (Lipinski definition) is 3. The second-order valence-electron chi connectivity index (χ2n) is 5.93. The quantitative estimate of drug-likeness (QED) is 0.692. The van der Waals surface area contributed by atoms with Crippen LogP contribution in [-0.4, -0.2) is 48.3 Å². The van der Waals surface area contributed by atoms with Gasteiger partial charge in [0.2, 0.25) is 0 Å². The lowest BCUT2D eigenvalue weighted by molar-refractivity contribution is -0.0393. The summed E-state index contributed by atoms with van der Waals surface area (Å²) in [5, 5.41) is 13.8. The van der Waals surface area contributed by atoms with Crippen molar-refractivity contribution in [3.05, 3.63) is 0 Å². The Morgan fingerprint density at radius 3 is 2.62 bits per heavy atom. The number of nitrogens with zero attached hydrogens (tertiary/aromatic N) is 1. The highest BCUT2D eigenvalue weighted by Gasteiger charge is 2.47. The fourth-order valence-corrected chi connectivity index (χ4v) is 4.34. The zero-order chi connectivity index (χ0) is 11.1. The van der Waals surface area contributed by atoms with Gasteiger partial charge in [0.25, 0.3) is 0 Å². The van der Waals surface area contributed by atoms with Gasteiger partial charge in [0.1, 0.15) is 0 Å². The van der Waals surface area contributed by atoms with Crippen LogP contribution >= 0.6 is 0 Å². The molecule has 2 bridgehead atoms. The van der Waals surface area contributed by atoms with Crippen LogP contribution in [0.4, 0.5) is 0 Å². The molecular formula is C13H24N2O. The predicted octanol–water partition coefficient (Wildman–Crippen LogP) is 0.830. The van der Waals surface area contributed by atoms with E-state index in [1.54, 1.807) is 0 Å². The molecule has 16 heavy (non-hydrogen) atoms. The van der Waals surface area contributed by atoms with Gasteiger partial charge in [-0.05, 0) is 58.2 Å². The van der Waals surface area contributed by atoms with Gasteiger partial charge in [0.15, 0.2) is 0 Å². The smallest absolute Gasteiger partial charge is 0.0600 e. The Kier molecular flexibility index (Phi) is 2.94. The van der Waals surface area contributed by atoms with Crippen LogP contribution in [0.25, 0.3) is 0 Å². The SMILES string of the molecule is CN1C2CCC1C(C1CCNCC1)C(O)C2. The lowest BCUT2D eigenvalue weighted by Gasteiger charge is -2.45. The highest BCUT2D eigenvalue weighted by atomic mass is 16.3. The van der Waals surface area contributed by atoms with Crippen molar-refractivity contribution in [2.45, 2.75) is 50.3 Å². The summed E-state index contributed by atoms with van der Waals surface area (Å²) < 4.78 is 0. The van der Waals surface area contributed by atoms with Crippen LogP contribution < -0.4 is 5.32 Å². The number of nitrogens with one attached hydrogen (secondary N) is 1.